The number of hydrogen-bond acceptors (Lipinski definition) is 3. The molecule has 0 saturated carbocycles. The van der Waals surface area contributed by atoms with Crippen molar-refractivity contribution in [3.63, 3.8) is 0 Å². The largest absolute Gasteiger partial charge is 0.308 e. The molecule has 0 bridgehead atoms. The summed E-state index contributed by atoms with van der Waals surface area (Å²) in [6, 6.07) is 7.37. The molecule has 0 heterocycles. The summed E-state index contributed by atoms with van der Waals surface area (Å²) >= 11 is 5.74. The summed E-state index contributed by atoms with van der Waals surface area (Å²) in [6.45, 7) is 5.01. The van der Waals surface area contributed by atoms with Gasteiger partial charge in [0.1, 0.15) is 0 Å². The zero-order valence-electron chi connectivity index (χ0n) is 13.2. The van der Waals surface area contributed by atoms with Gasteiger partial charge in [0.05, 0.1) is 5.75 Å². The Balaban J connectivity index is 2.86. The minimum atomic E-state index is -3.32. The Labute approximate surface area is 133 Å². The van der Waals surface area contributed by atoms with Crippen LogP contribution in [0, 0.1) is 0 Å². The molecule has 0 N–H and O–H groups in total. The second-order valence-corrected chi connectivity index (χ2v) is 7.71. The standard InChI is InChI=1S/C15H25ClN2O2S/c1-5-18(13(2)11-17(3)4)21(19,20)12-15-8-6-14(10-16)7-9-15/h6-9,13H,5,10-12H2,1-4H3. The molecule has 0 aromatic heterocycles. The quantitative estimate of drug-likeness (QED) is 0.687. The zero-order chi connectivity index (χ0) is 16.0. The maximum absolute atomic E-state index is 12.6. The highest BCUT2D eigenvalue weighted by molar-refractivity contribution is 7.88. The lowest BCUT2D eigenvalue weighted by atomic mass is 10.2. The van der Waals surface area contributed by atoms with Crippen LogP contribution in [0.1, 0.15) is 25.0 Å². The molecule has 0 amide bonds. The Bertz CT molecular complexity index is 529. The third-order valence-corrected chi connectivity index (χ3v) is 5.66. The molecule has 1 unspecified atom stereocenters. The smallest absolute Gasteiger partial charge is 0.218 e. The van der Waals surface area contributed by atoms with Gasteiger partial charge in [-0.2, -0.15) is 4.31 Å². The van der Waals surface area contributed by atoms with Gasteiger partial charge in [-0.3, -0.25) is 0 Å². The molecule has 0 aliphatic rings. The van der Waals surface area contributed by atoms with Gasteiger partial charge in [0.15, 0.2) is 0 Å². The third-order valence-electron chi connectivity index (χ3n) is 3.32. The molecule has 4 nitrogen and oxygen atoms in total. The molecule has 0 spiro atoms. The summed E-state index contributed by atoms with van der Waals surface area (Å²) in [5.41, 5.74) is 1.78. The maximum atomic E-state index is 12.6. The number of rotatable bonds is 8. The minimum Gasteiger partial charge on any atom is -0.308 e. The lowest BCUT2D eigenvalue weighted by Crippen LogP contribution is -2.44. The Kier molecular flexibility index (Phi) is 7.13. The van der Waals surface area contributed by atoms with E-state index in [0.717, 1.165) is 11.1 Å². The van der Waals surface area contributed by atoms with E-state index in [0.29, 0.717) is 19.0 Å². The zero-order valence-corrected chi connectivity index (χ0v) is 14.8. The normalized spacial score (nSPS) is 13.9. The summed E-state index contributed by atoms with van der Waals surface area (Å²) in [5.74, 6) is 0.467. The first-order valence-electron chi connectivity index (χ1n) is 7.08. The number of nitrogens with zero attached hydrogens (tertiary/aromatic N) is 2. The summed E-state index contributed by atoms with van der Waals surface area (Å²) in [4.78, 5) is 2.00. The highest BCUT2D eigenvalue weighted by Crippen LogP contribution is 2.15. The molecular formula is C15H25ClN2O2S. The molecule has 0 aliphatic heterocycles. The summed E-state index contributed by atoms with van der Waals surface area (Å²) in [5, 5.41) is 0. The number of alkyl halides is 1. The molecule has 0 fully saturated rings. The molecule has 1 aromatic rings. The monoisotopic (exact) mass is 332 g/mol. The predicted molar refractivity (Wildman–Crippen MR) is 89.0 cm³/mol. The molecule has 1 aromatic carbocycles. The van der Waals surface area contributed by atoms with Crippen molar-refractivity contribution in [2.24, 2.45) is 0 Å². The molecule has 0 radical (unpaired) electrons. The van der Waals surface area contributed by atoms with E-state index in [9.17, 15) is 8.42 Å². The van der Waals surface area contributed by atoms with Crippen LogP contribution >= 0.6 is 11.6 Å². The van der Waals surface area contributed by atoms with Crippen LogP contribution in [0.5, 0.6) is 0 Å². The molecule has 0 saturated heterocycles. The van der Waals surface area contributed by atoms with Crippen molar-refractivity contribution in [3.05, 3.63) is 35.4 Å². The van der Waals surface area contributed by atoms with Crippen LogP contribution in [0.2, 0.25) is 0 Å². The van der Waals surface area contributed by atoms with Crippen LogP contribution in [-0.2, 0) is 21.7 Å². The molecule has 120 valence electrons. The topological polar surface area (TPSA) is 40.6 Å². The van der Waals surface area contributed by atoms with Crippen LogP contribution in [0.15, 0.2) is 24.3 Å². The number of likely N-dealkylation sites (N-methyl/N-ethyl adjacent to an activating group) is 2. The first-order chi connectivity index (χ1) is 9.80. The Morgan fingerprint density at radius 3 is 2.10 bits per heavy atom. The predicted octanol–water partition coefficient (Wildman–Crippen LogP) is 2.53. The summed E-state index contributed by atoms with van der Waals surface area (Å²) < 4.78 is 26.8. The molecule has 1 atom stereocenters. The van der Waals surface area contributed by atoms with E-state index in [1.165, 1.54) is 0 Å². The Hall–Kier alpha value is -0.620. The van der Waals surface area contributed by atoms with E-state index in [1.807, 2.05) is 57.1 Å². The lowest BCUT2D eigenvalue weighted by Gasteiger charge is -2.29. The molecule has 1 rings (SSSR count). The number of benzene rings is 1. The van der Waals surface area contributed by atoms with Crippen molar-refractivity contribution in [2.75, 3.05) is 27.2 Å². The van der Waals surface area contributed by atoms with Gasteiger partial charge in [0.2, 0.25) is 10.0 Å². The molecule has 21 heavy (non-hydrogen) atoms. The molecule has 6 heteroatoms. The van der Waals surface area contributed by atoms with Gasteiger partial charge in [-0.25, -0.2) is 8.42 Å². The van der Waals surface area contributed by atoms with Gasteiger partial charge in [-0.1, -0.05) is 31.2 Å². The number of halogens is 1. The van der Waals surface area contributed by atoms with Gasteiger partial charge in [-0.15, -0.1) is 11.6 Å². The summed E-state index contributed by atoms with van der Waals surface area (Å²) in [6.07, 6.45) is 0. The second-order valence-electron chi connectivity index (χ2n) is 5.52. The number of hydrogen-bond donors (Lipinski definition) is 0. The van der Waals surface area contributed by atoms with Crippen LogP contribution in [0.25, 0.3) is 0 Å². The highest BCUT2D eigenvalue weighted by Gasteiger charge is 2.26. The summed E-state index contributed by atoms with van der Waals surface area (Å²) in [7, 11) is 0.576. The fourth-order valence-corrected chi connectivity index (χ4v) is 4.39. The molecule has 0 aliphatic carbocycles. The first-order valence-corrected chi connectivity index (χ1v) is 9.22. The van der Waals surface area contributed by atoms with Crippen LogP contribution in [0.3, 0.4) is 0 Å². The Morgan fingerprint density at radius 2 is 1.67 bits per heavy atom. The van der Waals surface area contributed by atoms with E-state index in [1.54, 1.807) is 4.31 Å². The van der Waals surface area contributed by atoms with Crippen molar-refractivity contribution >= 4 is 21.6 Å². The van der Waals surface area contributed by atoms with Crippen molar-refractivity contribution in [2.45, 2.75) is 31.5 Å². The van der Waals surface area contributed by atoms with Gasteiger partial charge < -0.3 is 4.90 Å². The lowest BCUT2D eigenvalue weighted by molar-refractivity contribution is 0.271. The second kappa shape index (κ2) is 8.13. The van der Waals surface area contributed by atoms with Gasteiger partial charge >= 0.3 is 0 Å². The minimum absolute atomic E-state index is 0.0289. The van der Waals surface area contributed by atoms with E-state index < -0.39 is 10.0 Å². The maximum Gasteiger partial charge on any atom is 0.218 e. The fourth-order valence-electron chi connectivity index (χ4n) is 2.42. The van der Waals surface area contributed by atoms with Crippen molar-refractivity contribution in [3.8, 4) is 0 Å². The highest BCUT2D eigenvalue weighted by atomic mass is 35.5. The van der Waals surface area contributed by atoms with E-state index >= 15 is 0 Å². The van der Waals surface area contributed by atoms with Crippen molar-refractivity contribution in [1.82, 2.24) is 9.21 Å². The fraction of sp³-hybridized carbons (Fsp3) is 0.600. The van der Waals surface area contributed by atoms with Crippen molar-refractivity contribution in [1.29, 1.82) is 0 Å². The first kappa shape index (κ1) is 18.4. The van der Waals surface area contributed by atoms with Gasteiger partial charge in [-0.05, 0) is 32.1 Å². The SMILES string of the molecule is CCN(C(C)CN(C)C)S(=O)(=O)Cc1ccc(CCl)cc1. The van der Waals surface area contributed by atoms with Crippen LogP contribution in [0.4, 0.5) is 0 Å². The Morgan fingerprint density at radius 1 is 1.14 bits per heavy atom. The average Bonchev–Trinajstić information content (AvgIpc) is 2.38. The van der Waals surface area contributed by atoms with Crippen LogP contribution in [-0.4, -0.2) is 50.8 Å². The van der Waals surface area contributed by atoms with E-state index in [-0.39, 0.29) is 11.8 Å². The van der Waals surface area contributed by atoms with Gasteiger partial charge in [0.25, 0.3) is 0 Å². The van der Waals surface area contributed by atoms with E-state index in [2.05, 4.69) is 0 Å². The van der Waals surface area contributed by atoms with Crippen LogP contribution < -0.4 is 0 Å². The average molecular weight is 333 g/mol. The van der Waals surface area contributed by atoms with Gasteiger partial charge in [0, 0.05) is 25.0 Å². The molecular weight excluding hydrogens is 308 g/mol. The van der Waals surface area contributed by atoms with Crippen molar-refractivity contribution < 1.29 is 8.42 Å². The number of sulfonamides is 1. The third kappa shape index (κ3) is 5.58. The van der Waals surface area contributed by atoms with E-state index in [4.69, 9.17) is 11.6 Å².